The topological polar surface area (TPSA) is 57.3 Å². The third kappa shape index (κ3) is 4.68. The molecule has 0 radical (unpaired) electrons. The highest BCUT2D eigenvalue weighted by atomic mass is 79.9. The molecule has 1 N–H and O–H groups in total. The van der Waals surface area contributed by atoms with Gasteiger partial charge in [-0.3, -0.25) is 15.0 Å². The Morgan fingerprint density at radius 2 is 1.91 bits per heavy atom. The number of piperidine rings is 1. The Kier molecular flexibility index (Phi) is 6.21. The lowest BCUT2D eigenvalue weighted by Gasteiger charge is -2.30. The van der Waals surface area contributed by atoms with E-state index in [1.807, 2.05) is 23.2 Å². The second-order valence-electron chi connectivity index (χ2n) is 8.59. The first kappa shape index (κ1) is 22.1. The number of aromatic nitrogens is 2. The Labute approximate surface area is 206 Å². The third-order valence-electron chi connectivity index (χ3n) is 6.45. The number of amides is 1. The van der Waals surface area contributed by atoms with Crippen molar-refractivity contribution in [1.29, 1.82) is 0 Å². The van der Waals surface area contributed by atoms with Gasteiger partial charge in [-0.05, 0) is 82.6 Å². The second-order valence-corrected chi connectivity index (χ2v) is 9.94. The van der Waals surface area contributed by atoms with E-state index in [-0.39, 0.29) is 12.3 Å². The van der Waals surface area contributed by atoms with E-state index in [1.54, 1.807) is 12.3 Å². The molecule has 7 heteroatoms. The van der Waals surface area contributed by atoms with Crippen LogP contribution < -0.4 is 4.73 Å². The van der Waals surface area contributed by atoms with Crippen molar-refractivity contribution in [2.45, 2.75) is 32.1 Å². The van der Waals surface area contributed by atoms with E-state index < -0.39 is 0 Å². The monoisotopic (exact) mass is 524 g/mol. The predicted octanol–water partition coefficient (Wildman–Crippen LogP) is 4.79. The van der Waals surface area contributed by atoms with Crippen molar-refractivity contribution in [3.8, 4) is 0 Å². The first-order valence-electron chi connectivity index (χ1n) is 11.1. The fourth-order valence-corrected chi connectivity index (χ4v) is 5.42. The lowest BCUT2D eigenvalue weighted by atomic mass is 9.88. The number of benzene rings is 1. The van der Waals surface area contributed by atoms with E-state index in [9.17, 15) is 10.0 Å². The molecule has 2 aliphatic rings. The van der Waals surface area contributed by atoms with Crippen LogP contribution in [0, 0.1) is 0 Å². The van der Waals surface area contributed by atoms with Gasteiger partial charge in [0.1, 0.15) is 0 Å². The Hall–Kier alpha value is -2.70. The van der Waals surface area contributed by atoms with Crippen molar-refractivity contribution in [3.05, 3.63) is 98.0 Å². The van der Waals surface area contributed by atoms with Crippen LogP contribution in [0.5, 0.6) is 0 Å². The van der Waals surface area contributed by atoms with Gasteiger partial charge in [0.2, 0.25) is 18.3 Å². The first-order valence-corrected chi connectivity index (χ1v) is 12.3. The predicted molar refractivity (Wildman–Crippen MR) is 130 cm³/mol. The van der Waals surface area contributed by atoms with Gasteiger partial charge in [-0.25, -0.2) is 0 Å². The largest absolute Gasteiger partial charge is 0.342 e. The highest BCUT2D eigenvalue weighted by Crippen LogP contribution is 2.39. The highest BCUT2D eigenvalue weighted by Gasteiger charge is 2.27. The maximum atomic E-state index is 12.9. The third-order valence-corrected chi connectivity index (χ3v) is 7.11. The summed E-state index contributed by atoms with van der Waals surface area (Å²) >= 11 is 9.90. The molecule has 1 aliphatic heterocycles. The zero-order chi connectivity index (χ0) is 22.9. The summed E-state index contributed by atoms with van der Waals surface area (Å²) in [6, 6.07) is 11.9. The molecule has 3 heterocycles. The molecule has 1 aliphatic carbocycles. The summed E-state index contributed by atoms with van der Waals surface area (Å²) in [6.07, 6.45) is 8.73. The SMILES string of the molecule is O=C(Cc1ccc[n+](O)c1)N1CCC(=C2c3ccc(Cl)cc3CCc3cc(Br)cnc32)CC1. The maximum absolute atomic E-state index is 12.9. The number of likely N-dealkylation sites (tertiary alicyclic amines) is 1. The summed E-state index contributed by atoms with van der Waals surface area (Å²) in [6.45, 7) is 1.36. The summed E-state index contributed by atoms with van der Waals surface area (Å²) in [5.41, 5.74) is 8.09. The van der Waals surface area contributed by atoms with Crippen molar-refractivity contribution >= 4 is 39.0 Å². The highest BCUT2D eigenvalue weighted by molar-refractivity contribution is 9.10. The van der Waals surface area contributed by atoms with Crippen molar-refractivity contribution in [1.82, 2.24) is 9.88 Å². The van der Waals surface area contributed by atoms with Gasteiger partial charge < -0.3 is 4.90 Å². The van der Waals surface area contributed by atoms with Crippen molar-refractivity contribution in [2.24, 2.45) is 0 Å². The van der Waals surface area contributed by atoms with Gasteiger partial charge in [0, 0.05) is 50.7 Å². The van der Waals surface area contributed by atoms with Crippen LogP contribution in [-0.2, 0) is 24.1 Å². The molecule has 0 unspecified atom stereocenters. The van der Waals surface area contributed by atoms with Crippen LogP contribution in [0.15, 0.2) is 65.0 Å². The van der Waals surface area contributed by atoms with Crippen LogP contribution in [-0.4, -0.2) is 34.1 Å². The number of aryl methyl sites for hydroxylation is 2. The molecule has 1 aromatic carbocycles. The lowest BCUT2D eigenvalue weighted by molar-refractivity contribution is -0.905. The maximum Gasteiger partial charge on any atom is 0.227 e. The minimum Gasteiger partial charge on any atom is -0.342 e. The number of hydrogen-bond acceptors (Lipinski definition) is 3. The molecule has 2 aromatic heterocycles. The molecule has 0 bridgehead atoms. The summed E-state index contributed by atoms with van der Waals surface area (Å²) in [5.74, 6) is 0.0840. The van der Waals surface area contributed by atoms with Gasteiger partial charge in [0.25, 0.3) is 0 Å². The molecule has 1 saturated heterocycles. The zero-order valence-electron chi connectivity index (χ0n) is 18.1. The van der Waals surface area contributed by atoms with Gasteiger partial charge in [0.05, 0.1) is 12.1 Å². The van der Waals surface area contributed by atoms with Crippen molar-refractivity contribution < 1.29 is 14.7 Å². The van der Waals surface area contributed by atoms with Crippen LogP contribution in [0.4, 0.5) is 0 Å². The van der Waals surface area contributed by atoms with Gasteiger partial charge in [-0.15, -0.1) is 0 Å². The molecule has 1 fully saturated rings. The Morgan fingerprint density at radius 1 is 1.12 bits per heavy atom. The summed E-state index contributed by atoms with van der Waals surface area (Å²) in [5, 5.41) is 10.4. The van der Waals surface area contributed by atoms with E-state index in [2.05, 4.69) is 34.1 Å². The number of fused-ring (bicyclic) bond motifs is 2. The zero-order valence-corrected chi connectivity index (χ0v) is 20.4. The molecular weight excluding hydrogens is 502 g/mol. The van der Waals surface area contributed by atoms with E-state index in [0.29, 0.717) is 13.1 Å². The summed E-state index contributed by atoms with van der Waals surface area (Å²) in [4.78, 5) is 19.6. The number of rotatable bonds is 2. The molecule has 0 atom stereocenters. The first-order chi connectivity index (χ1) is 16.0. The van der Waals surface area contributed by atoms with E-state index in [1.165, 1.54) is 34.0 Å². The van der Waals surface area contributed by atoms with Crippen LogP contribution in [0.25, 0.3) is 5.57 Å². The summed E-state index contributed by atoms with van der Waals surface area (Å²) in [7, 11) is 0. The molecular formula is C26H24BrClN3O2+. The Morgan fingerprint density at radius 3 is 2.70 bits per heavy atom. The van der Waals surface area contributed by atoms with Crippen LogP contribution in [0.1, 0.15) is 40.8 Å². The molecule has 5 nitrogen and oxygen atoms in total. The summed E-state index contributed by atoms with van der Waals surface area (Å²) < 4.78 is 1.97. The number of halogens is 2. The number of carbonyl (C=O) groups is 1. The number of carbonyl (C=O) groups excluding carboxylic acids is 1. The minimum atomic E-state index is 0.0840. The number of nitrogens with zero attached hydrogens (tertiary/aromatic N) is 3. The van der Waals surface area contributed by atoms with E-state index in [4.69, 9.17) is 16.6 Å². The number of hydrogen-bond donors (Lipinski definition) is 1. The Balaban J connectivity index is 1.44. The fourth-order valence-electron chi connectivity index (χ4n) is 4.84. The molecule has 0 spiro atoms. The van der Waals surface area contributed by atoms with Gasteiger partial charge >= 0.3 is 0 Å². The fraction of sp³-hybridized carbons (Fsp3) is 0.269. The molecule has 1 amide bonds. The van der Waals surface area contributed by atoms with Crippen LogP contribution in [0.3, 0.4) is 0 Å². The molecule has 5 rings (SSSR count). The van der Waals surface area contributed by atoms with Crippen LogP contribution >= 0.6 is 27.5 Å². The van der Waals surface area contributed by atoms with Gasteiger partial charge in [-0.1, -0.05) is 23.2 Å². The average molecular weight is 526 g/mol. The molecule has 0 saturated carbocycles. The van der Waals surface area contributed by atoms with E-state index in [0.717, 1.165) is 51.2 Å². The van der Waals surface area contributed by atoms with Crippen molar-refractivity contribution in [3.63, 3.8) is 0 Å². The average Bonchev–Trinajstić information content (AvgIpc) is 2.95. The standard InChI is InChI=1S/C26H24BrClN3O2/c27-21-13-20-4-3-19-14-22(28)5-6-23(19)25(26(20)29-15-21)18-7-10-30(11-8-18)24(32)12-17-2-1-9-31(33)16-17/h1-2,5-6,9,13-16,33H,3-4,7-8,10-12H2/q+1. The molecule has 33 heavy (non-hydrogen) atoms. The minimum absolute atomic E-state index is 0.0840. The van der Waals surface area contributed by atoms with Gasteiger partial charge in [0.15, 0.2) is 0 Å². The molecule has 3 aromatic rings. The Bertz CT molecular complexity index is 1210. The molecule has 168 valence electrons. The quantitative estimate of drug-likeness (QED) is 0.387. The van der Waals surface area contributed by atoms with Crippen LogP contribution in [0.2, 0.25) is 5.02 Å². The lowest BCUT2D eigenvalue weighted by Crippen LogP contribution is -2.38. The number of pyridine rings is 2. The normalized spacial score (nSPS) is 15.6. The van der Waals surface area contributed by atoms with E-state index >= 15 is 0 Å². The van der Waals surface area contributed by atoms with Gasteiger partial charge in [-0.2, -0.15) is 0 Å². The second kappa shape index (κ2) is 9.27. The van der Waals surface area contributed by atoms with Crippen molar-refractivity contribution in [2.75, 3.05) is 13.1 Å². The smallest absolute Gasteiger partial charge is 0.227 e.